The maximum absolute atomic E-state index is 5.58. The van der Waals surface area contributed by atoms with Crippen molar-refractivity contribution in [2.45, 2.75) is 13.0 Å². The SMILES string of the molecule is Cc1cnccc1C(NN)c1occc1Br. The van der Waals surface area contributed by atoms with Crippen LogP contribution in [0.4, 0.5) is 0 Å². The van der Waals surface area contributed by atoms with E-state index in [1.807, 2.05) is 19.1 Å². The summed E-state index contributed by atoms with van der Waals surface area (Å²) in [5.74, 6) is 6.34. The van der Waals surface area contributed by atoms with E-state index in [4.69, 9.17) is 10.3 Å². The Morgan fingerprint density at radius 1 is 1.50 bits per heavy atom. The Labute approximate surface area is 102 Å². The molecule has 0 bridgehead atoms. The van der Waals surface area contributed by atoms with Crippen LogP contribution in [-0.4, -0.2) is 4.98 Å². The zero-order valence-electron chi connectivity index (χ0n) is 8.77. The second kappa shape index (κ2) is 4.78. The maximum Gasteiger partial charge on any atom is 0.140 e. The first kappa shape index (κ1) is 11.3. The van der Waals surface area contributed by atoms with E-state index in [0.29, 0.717) is 0 Å². The summed E-state index contributed by atoms with van der Waals surface area (Å²) >= 11 is 3.42. The second-order valence-electron chi connectivity index (χ2n) is 3.46. The third-order valence-corrected chi connectivity index (χ3v) is 3.10. The monoisotopic (exact) mass is 281 g/mol. The van der Waals surface area contributed by atoms with Gasteiger partial charge in [0.05, 0.1) is 10.7 Å². The minimum absolute atomic E-state index is 0.174. The molecule has 16 heavy (non-hydrogen) atoms. The number of halogens is 1. The van der Waals surface area contributed by atoms with Crippen molar-refractivity contribution in [3.8, 4) is 0 Å². The average molecular weight is 282 g/mol. The van der Waals surface area contributed by atoms with Gasteiger partial charge in [0.1, 0.15) is 11.8 Å². The van der Waals surface area contributed by atoms with Gasteiger partial charge in [0.25, 0.3) is 0 Å². The Morgan fingerprint density at radius 3 is 2.88 bits per heavy atom. The van der Waals surface area contributed by atoms with Crippen LogP contribution in [0.5, 0.6) is 0 Å². The number of rotatable bonds is 3. The van der Waals surface area contributed by atoms with Crippen molar-refractivity contribution in [1.82, 2.24) is 10.4 Å². The molecule has 0 fully saturated rings. The molecule has 0 aliphatic heterocycles. The van der Waals surface area contributed by atoms with E-state index >= 15 is 0 Å². The standard InChI is InChI=1S/C11H12BrN3O/c1-7-6-14-4-2-8(7)10(15-13)11-9(12)3-5-16-11/h2-6,10,15H,13H2,1H3. The van der Waals surface area contributed by atoms with Crippen LogP contribution in [0.25, 0.3) is 0 Å². The van der Waals surface area contributed by atoms with Gasteiger partial charge in [-0.05, 0) is 46.1 Å². The van der Waals surface area contributed by atoms with Gasteiger partial charge in [0.15, 0.2) is 0 Å². The molecule has 2 aromatic rings. The quantitative estimate of drug-likeness (QED) is 0.669. The topological polar surface area (TPSA) is 64.1 Å². The first-order chi connectivity index (χ1) is 7.74. The summed E-state index contributed by atoms with van der Waals surface area (Å²) < 4.78 is 6.31. The first-order valence-corrected chi connectivity index (χ1v) is 5.63. The third kappa shape index (κ3) is 2.02. The molecule has 0 aliphatic rings. The Balaban J connectivity index is 2.45. The minimum Gasteiger partial charge on any atom is -0.466 e. The van der Waals surface area contributed by atoms with Gasteiger partial charge in [-0.15, -0.1) is 0 Å². The van der Waals surface area contributed by atoms with Gasteiger partial charge in [-0.25, -0.2) is 5.43 Å². The highest BCUT2D eigenvalue weighted by atomic mass is 79.9. The molecule has 0 spiro atoms. The summed E-state index contributed by atoms with van der Waals surface area (Å²) in [6.45, 7) is 1.99. The lowest BCUT2D eigenvalue weighted by atomic mass is 10.0. The first-order valence-electron chi connectivity index (χ1n) is 4.83. The third-order valence-electron chi connectivity index (χ3n) is 2.45. The normalized spacial score (nSPS) is 12.7. The second-order valence-corrected chi connectivity index (χ2v) is 4.32. The highest BCUT2D eigenvalue weighted by molar-refractivity contribution is 9.10. The van der Waals surface area contributed by atoms with E-state index in [0.717, 1.165) is 21.4 Å². The number of pyridine rings is 1. The lowest BCUT2D eigenvalue weighted by molar-refractivity contribution is 0.448. The van der Waals surface area contributed by atoms with Gasteiger partial charge in [-0.3, -0.25) is 10.8 Å². The van der Waals surface area contributed by atoms with Crippen molar-refractivity contribution in [3.05, 3.63) is 52.1 Å². The molecule has 2 aromatic heterocycles. The van der Waals surface area contributed by atoms with Crippen molar-refractivity contribution < 1.29 is 4.42 Å². The Morgan fingerprint density at radius 2 is 2.31 bits per heavy atom. The van der Waals surface area contributed by atoms with E-state index in [9.17, 15) is 0 Å². The molecule has 0 amide bonds. The van der Waals surface area contributed by atoms with E-state index in [1.165, 1.54) is 0 Å². The molecule has 0 radical (unpaired) electrons. The fourth-order valence-corrected chi connectivity index (χ4v) is 2.06. The molecule has 4 nitrogen and oxygen atoms in total. The molecule has 1 atom stereocenters. The van der Waals surface area contributed by atoms with E-state index < -0.39 is 0 Å². The van der Waals surface area contributed by atoms with Crippen LogP contribution in [0.2, 0.25) is 0 Å². The summed E-state index contributed by atoms with van der Waals surface area (Å²) in [5.41, 5.74) is 4.86. The van der Waals surface area contributed by atoms with Crippen molar-refractivity contribution in [3.63, 3.8) is 0 Å². The van der Waals surface area contributed by atoms with Crippen LogP contribution in [0.1, 0.15) is 22.9 Å². The predicted molar refractivity (Wildman–Crippen MR) is 64.5 cm³/mol. The summed E-state index contributed by atoms with van der Waals surface area (Å²) in [4.78, 5) is 4.05. The lowest BCUT2D eigenvalue weighted by Gasteiger charge is -2.16. The molecule has 2 heterocycles. The highest BCUT2D eigenvalue weighted by Crippen LogP contribution is 2.30. The van der Waals surface area contributed by atoms with E-state index in [1.54, 1.807) is 18.7 Å². The Hall–Kier alpha value is -1.17. The number of furan rings is 1. The summed E-state index contributed by atoms with van der Waals surface area (Å²) in [5, 5.41) is 0. The number of aryl methyl sites for hydroxylation is 1. The van der Waals surface area contributed by atoms with Gasteiger partial charge in [-0.1, -0.05) is 0 Å². The molecule has 0 aliphatic carbocycles. The van der Waals surface area contributed by atoms with Crippen LogP contribution in [0.3, 0.4) is 0 Å². The number of hydrogen-bond donors (Lipinski definition) is 2. The summed E-state index contributed by atoms with van der Waals surface area (Å²) in [6, 6.07) is 3.60. The number of hydrazine groups is 1. The Kier molecular flexibility index (Phi) is 3.38. The molecule has 0 aromatic carbocycles. The smallest absolute Gasteiger partial charge is 0.140 e. The van der Waals surface area contributed by atoms with Crippen LogP contribution >= 0.6 is 15.9 Å². The number of aromatic nitrogens is 1. The van der Waals surface area contributed by atoms with Crippen LogP contribution in [0, 0.1) is 6.92 Å². The number of nitrogens with two attached hydrogens (primary N) is 1. The maximum atomic E-state index is 5.58. The fourth-order valence-electron chi connectivity index (χ4n) is 1.63. The zero-order chi connectivity index (χ0) is 11.5. The van der Waals surface area contributed by atoms with Gasteiger partial charge in [0.2, 0.25) is 0 Å². The largest absolute Gasteiger partial charge is 0.466 e. The van der Waals surface area contributed by atoms with Crippen LogP contribution in [-0.2, 0) is 0 Å². The van der Waals surface area contributed by atoms with Crippen molar-refractivity contribution >= 4 is 15.9 Å². The molecule has 1 unspecified atom stereocenters. The molecule has 0 saturated carbocycles. The molecule has 2 rings (SSSR count). The number of hydrogen-bond acceptors (Lipinski definition) is 4. The molecule has 5 heteroatoms. The molecule has 84 valence electrons. The van der Waals surface area contributed by atoms with E-state index in [2.05, 4.69) is 26.3 Å². The minimum atomic E-state index is -0.174. The predicted octanol–water partition coefficient (Wildman–Crippen LogP) is 2.30. The lowest BCUT2D eigenvalue weighted by Crippen LogP contribution is -2.29. The fraction of sp³-hybridized carbons (Fsp3) is 0.182. The van der Waals surface area contributed by atoms with Crippen molar-refractivity contribution in [2.24, 2.45) is 5.84 Å². The zero-order valence-corrected chi connectivity index (χ0v) is 10.4. The van der Waals surface area contributed by atoms with E-state index in [-0.39, 0.29) is 6.04 Å². The number of nitrogens with one attached hydrogen (secondary N) is 1. The van der Waals surface area contributed by atoms with Gasteiger partial charge in [0, 0.05) is 12.4 Å². The summed E-state index contributed by atoms with van der Waals surface area (Å²) in [6.07, 6.45) is 5.17. The highest BCUT2D eigenvalue weighted by Gasteiger charge is 2.20. The molecule has 3 N–H and O–H groups in total. The summed E-state index contributed by atoms with van der Waals surface area (Å²) in [7, 11) is 0. The van der Waals surface area contributed by atoms with Gasteiger partial charge >= 0.3 is 0 Å². The molecular formula is C11H12BrN3O. The Bertz CT molecular complexity index is 484. The van der Waals surface area contributed by atoms with Gasteiger partial charge in [-0.2, -0.15) is 0 Å². The van der Waals surface area contributed by atoms with Gasteiger partial charge < -0.3 is 4.42 Å². The van der Waals surface area contributed by atoms with Crippen molar-refractivity contribution in [1.29, 1.82) is 0 Å². The van der Waals surface area contributed by atoms with Crippen LogP contribution in [0.15, 0.2) is 39.7 Å². The number of nitrogens with zero attached hydrogens (tertiary/aromatic N) is 1. The van der Waals surface area contributed by atoms with Crippen molar-refractivity contribution in [2.75, 3.05) is 0 Å². The molecule has 0 saturated heterocycles. The average Bonchev–Trinajstić information content (AvgIpc) is 2.69. The van der Waals surface area contributed by atoms with Crippen LogP contribution < -0.4 is 11.3 Å². The molecular weight excluding hydrogens is 270 g/mol.